The summed E-state index contributed by atoms with van der Waals surface area (Å²) in [7, 11) is -0.293. The Labute approximate surface area is 123 Å². The van der Waals surface area contributed by atoms with Crippen molar-refractivity contribution in [2.75, 3.05) is 32.9 Å². The SMILES string of the molecule is CC(C)C1(C)CCN(C(=O)CCS(=O)(=O)N(C)C)CC1. The van der Waals surface area contributed by atoms with Gasteiger partial charge < -0.3 is 4.90 Å². The largest absolute Gasteiger partial charge is 0.343 e. The van der Waals surface area contributed by atoms with Gasteiger partial charge in [0.25, 0.3) is 0 Å². The van der Waals surface area contributed by atoms with E-state index >= 15 is 0 Å². The van der Waals surface area contributed by atoms with Crippen molar-refractivity contribution in [3.63, 3.8) is 0 Å². The molecule has 0 unspecified atom stereocenters. The Morgan fingerprint density at radius 3 is 2.15 bits per heavy atom. The second kappa shape index (κ2) is 6.43. The Morgan fingerprint density at radius 1 is 1.25 bits per heavy atom. The van der Waals surface area contributed by atoms with Gasteiger partial charge in [0.05, 0.1) is 5.75 Å². The molecule has 0 spiro atoms. The third-order valence-electron chi connectivity index (χ3n) is 4.78. The molecule has 1 saturated heterocycles. The highest BCUT2D eigenvalue weighted by atomic mass is 32.2. The molecule has 1 aliphatic heterocycles. The molecular weight excluding hydrogens is 276 g/mol. The number of hydrogen-bond donors (Lipinski definition) is 0. The molecule has 1 fully saturated rings. The van der Waals surface area contributed by atoms with Gasteiger partial charge >= 0.3 is 0 Å². The first-order valence-electron chi connectivity index (χ1n) is 7.26. The van der Waals surface area contributed by atoms with Crippen LogP contribution < -0.4 is 0 Å². The molecule has 0 bridgehead atoms. The van der Waals surface area contributed by atoms with Crippen molar-refractivity contribution in [3.05, 3.63) is 0 Å². The molecule has 0 aromatic carbocycles. The van der Waals surface area contributed by atoms with Gasteiger partial charge in [-0.05, 0) is 24.2 Å². The Kier molecular flexibility index (Phi) is 5.61. The van der Waals surface area contributed by atoms with Crippen molar-refractivity contribution < 1.29 is 13.2 Å². The standard InChI is InChI=1S/C14H28N2O3S/c1-12(2)14(3)7-9-16(10-8-14)13(17)6-11-20(18,19)15(4)5/h12H,6-11H2,1-5H3. The summed E-state index contributed by atoms with van der Waals surface area (Å²) in [6, 6.07) is 0. The van der Waals surface area contributed by atoms with Gasteiger partial charge in [-0.2, -0.15) is 0 Å². The highest BCUT2D eigenvalue weighted by Gasteiger charge is 2.34. The zero-order chi connectivity index (χ0) is 15.6. The van der Waals surface area contributed by atoms with Crippen LogP contribution in [0, 0.1) is 11.3 Å². The van der Waals surface area contributed by atoms with E-state index in [1.54, 1.807) is 0 Å². The molecule has 1 rings (SSSR count). The van der Waals surface area contributed by atoms with Crippen molar-refractivity contribution in [2.24, 2.45) is 11.3 Å². The second-order valence-electron chi connectivity index (χ2n) is 6.54. The minimum absolute atomic E-state index is 0.0405. The highest BCUT2D eigenvalue weighted by molar-refractivity contribution is 7.89. The average molecular weight is 304 g/mol. The Balaban J connectivity index is 2.48. The number of hydrogen-bond acceptors (Lipinski definition) is 3. The van der Waals surface area contributed by atoms with Crippen LogP contribution in [0.1, 0.15) is 40.0 Å². The van der Waals surface area contributed by atoms with E-state index < -0.39 is 10.0 Å². The van der Waals surface area contributed by atoms with Crippen molar-refractivity contribution >= 4 is 15.9 Å². The van der Waals surface area contributed by atoms with Crippen LogP contribution in [0.3, 0.4) is 0 Å². The van der Waals surface area contributed by atoms with Crippen LogP contribution in [0.25, 0.3) is 0 Å². The van der Waals surface area contributed by atoms with Gasteiger partial charge in [-0.1, -0.05) is 20.8 Å². The van der Waals surface area contributed by atoms with E-state index in [1.165, 1.54) is 18.4 Å². The van der Waals surface area contributed by atoms with Gasteiger partial charge in [0.2, 0.25) is 15.9 Å². The molecule has 0 atom stereocenters. The van der Waals surface area contributed by atoms with E-state index in [4.69, 9.17) is 0 Å². The Morgan fingerprint density at radius 2 is 1.75 bits per heavy atom. The number of carbonyl (C=O) groups excluding carboxylic acids is 1. The highest BCUT2D eigenvalue weighted by Crippen LogP contribution is 2.38. The van der Waals surface area contributed by atoms with Crippen molar-refractivity contribution in [1.29, 1.82) is 0 Å². The van der Waals surface area contributed by atoms with E-state index in [0.29, 0.717) is 11.3 Å². The van der Waals surface area contributed by atoms with Crippen molar-refractivity contribution in [1.82, 2.24) is 9.21 Å². The van der Waals surface area contributed by atoms with Crippen LogP contribution in [0.4, 0.5) is 0 Å². The first-order valence-corrected chi connectivity index (χ1v) is 8.87. The second-order valence-corrected chi connectivity index (χ2v) is 8.84. The number of nitrogens with zero attached hydrogens (tertiary/aromatic N) is 2. The fraction of sp³-hybridized carbons (Fsp3) is 0.929. The summed E-state index contributed by atoms with van der Waals surface area (Å²) in [6.45, 7) is 8.21. The van der Waals surface area contributed by atoms with Crippen LogP contribution in [0.15, 0.2) is 0 Å². The smallest absolute Gasteiger partial charge is 0.223 e. The summed E-state index contributed by atoms with van der Waals surface area (Å²) in [6.07, 6.45) is 2.08. The average Bonchev–Trinajstić information content (AvgIpc) is 2.36. The summed E-state index contributed by atoms with van der Waals surface area (Å²) in [4.78, 5) is 13.9. The maximum atomic E-state index is 12.1. The molecular formula is C14H28N2O3S. The van der Waals surface area contributed by atoms with Gasteiger partial charge in [-0.15, -0.1) is 0 Å². The van der Waals surface area contributed by atoms with Gasteiger partial charge in [0.15, 0.2) is 0 Å². The summed E-state index contributed by atoms with van der Waals surface area (Å²) in [5.74, 6) is 0.464. The molecule has 1 heterocycles. The number of carbonyl (C=O) groups is 1. The molecule has 1 amide bonds. The monoisotopic (exact) mass is 304 g/mol. The van der Waals surface area contributed by atoms with Crippen molar-refractivity contribution in [2.45, 2.75) is 40.0 Å². The minimum atomic E-state index is -3.28. The number of sulfonamides is 1. The number of likely N-dealkylation sites (tertiary alicyclic amines) is 1. The first-order chi connectivity index (χ1) is 9.08. The lowest BCUT2D eigenvalue weighted by atomic mass is 9.72. The normalized spacial score (nSPS) is 19.6. The first kappa shape index (κ1) is 17.4. The molecule has 0 aromatic heterocycles. The summed E-state index contributed by atoms with van der Waals surface area (Å²) < 4.78 is 24.5. The fourth-order valence-electron chi connectivity index (χ4n) is 2.40. The Bertz CT molecular complexity index is 435. The molecule has 1 aliphatic rings. The van der Waals surface area contributed by atoms with Gasteiger partial charge in [0.1, 0.15) is 0 Å². The maximum Gasteiger partial charge on any atom is 0.223 e. The Hall–Kier alpha value is -0.620. The summed E-state index contributed by atoms with van der Waals surface area (Å²) in [5.41, 5.74) is 0.298. The van der Waals surface area contributed by atoms with E-state index in [9.17, 15) is 13.2 Å². The zero-order valence-electron chi connectivity index (χ0n) is 13.3. The molecule has 0 saturated carbocycles. The molecule has 0 N–H and O–H groups in total. The van der Waals surface area contributed by atoms with E-state index in [1.807, 2.05) is 4.90 Å². The lowest BCUT2D eigenvalue weighted by molar-refractivity contribution is -0.133. The van der Waals surface area contributed by atoms with Gasteiger partial charge in [-0.25, -0.2) is 12.7 Å². The van der Waals surface area contributed by atoms with E-state index in [-0.39, 0.29) is 18.1 Å². The number of piperidine rings is 1. The van der Waals surface area contributed by atoms with Gasteiger partial charge in [-0.3, -0.25) is 4.79 Å². The van der Waals surface area contributed by atoms with Gasteiger partial charge in [0, 0.05) is 33.6 Å². The minimum Gasteiger partial charge on any atom is -0.343 e. The summed E-state index contributed by atoms with van der Waals surface area (Å²) in [5, 5.41) is 0. The maximum absolute atomic E-state index is 12.1. The topological polar surface area (TPSA) is 57.7 Å². The third-order valence-corrected chi connectivity index (χ3v) is 6.62. The quantitative estimate of drug-likeness (QED) is 0.774. The number of amides is 1. The van der Waals surface area contributed by atoms with Crippen LogP contribution >= 0.6 is 0 Å². The molecule has 6 heteroatoms. The van der Waals surface area contributed by atoms with Crippen LogP contribution in [0.2, 0.25) is 0 Å². The van der Waals surface area contributed by atoms with Crippen molar-refractivity contribution in [3.8, 4) is 0 Å². The molecule has 5 nitrogen and oxygen atoms in total. The van der Waals surface area contributed by atoms with E-state index in [0.717, 1.165) is 25.9 Å². The lowest BCUT2D eigenvalue weighted by Crippen LogP contribution is -2.44. The molecule has 0 aromatic rings. The molecule has 118 valence electrons. The predicted octanol–water partition coefficient (Wildman–Crippen LogP) is 1.55. The molecule has 20 heavy (non-hydrogen) atoms. The van der Waals surface area contributed by atoms with Crippen LogP contribution in [0.5, 0.6) is 0 Å². The van der Waals surface area contributed by atoms with E-state index in [2.05, 4.69) is 20.8 Å². The van der Waals surface area contributed by atoms with Crippen LogP contribution in [-0.4, -0.2) is 56.5 Å². The summed E-state index contributed by atoms with van der Waals surface area (Å²) >= 11 is 0. The fourth-order valence-corrected chi connectivity index (χ4v) is 3.20. The lowest BCUT2D eigenvalue weighted by Gasteiger charge is -2.42. The number of rotatable bonds is 5. The molecule has 0 radical (unpaired) electrons. The zero-order valence-corrected chi connectivity index (χ0v) is 14.2. The molecule has 0 aliphatic carbocycles. The third kappa shape index (κ3) is 4.19. The predicted molar refractivity (Wildman–Crippen MR) is 80.8 cm³/mol. The van der Waals surface area contributed by atoms with Crippen LogP contribution in [-0.2, 0) is 14.8 Å².